The van der Waals surface area contributed by atoms with E-state index in [4.69, 9.17) is 23.4 Å². The van der Waals surface area contributed by atoms with Crippen molar-refractivity contribution in [1.82, 2.24) is 4.57 Å². The lowest BCUT2D eigenvalue weighted by Gasteiger charge is -2.24. The first-order valence-electron chi connectivity index (χ1n) is 12.8. The number of furan rings is 1. The molecule has 0 aliphatic carbocycles. The standard InChI is InChI=1S/C29H23N3O9S/c1-4-38-28(34)25-15(2)30-29-31(26(25)16-5-9-21-23(11-16)40-14-39-21)27(33)24(42-29)13-18-7-10-20(41-18)19-8-6-17(32(35)36)12-22(19)37-3/h5-13,26H,4,14H2,1-3H3/b24-13-. The van der Waals surface area contributed by atoms with Crippen molar-refractivity contribution in [2.45, 2.75) is 19.9 Å². The number of hydrogen-bond donors (Lipinski definition) is 0. The maximum Gasteiger partial charge on any atom is 0.338 e. The Morgan fingerprint density at radius 1 is 1.19 bits per heavy atom. The topological polar surface area (TPSA) is 145 Å². The molecule has 12 nitrogen and oxygen atoms in total. The van der Waals surface area contributed by atoms with E-state index in [9.17, 15) is 19.7 Å². The van der Waals surface area contributed by atoms with E-state index >= 15 is 0 Å². The molecule has 214 valence electrons. The molecule has 0 amide bonds. The van der Waals surface area contributed by atoms with E-state index in [1.807, 2.05) is 0 Å². The zero-order valence-electron chi connectivity index (χ0n) is 22.6. The van der Waals surface area contributed by atoms with Crippen LogP contribution in [-0.2, 0) is 9.53 Å². The molecular weight excluding hydrogens is 566 g/mol. The van der Waals surface area contributed by atoms with E-state index in [0.717, 1.165) is 11.3 Å². The zero-order chi connectivity index (χ0) is 29.5. The summed E-state index contributed by atoms with van der Waals surface area (Å²) < 4.78 is 29.4. The lowest BCUT2D eigenvalue weighted by atomic mass is 9.95. The Bertz CT molecular complexity index is 1970. The number of methoxy groups -OCH3 is 1. The molecule has 0 radical (unpaired) electrons. The molecule has 2 aliphatic rings. The van der Waals surface area contributed by atoms with Gasteiger partial charge in [0.15, 0.2) is 16.3 Å². The third kappa shape index (κ3) is 4.63. The average molecular weight is 590 g/mol. The van der Waals surface area contributed by atoms with Gasteiger partial charge in [0.05, 0.1) is 52.1 Å². The first kappa shape index (κ1) is 27.0. The highest BCUT2D eigenvalue weighted by atomic mass is 32.1. The lowest BCUT2D eigenvalue weighted by molar-refractivity contribution is -0.384. The number of thiazole rings is 1. The van der Waals surface area contributed by atoms with E-state index in [1.54, 1.807) is 56.3 Å². The number of rotatable bonds is 7. The fraction of sp³-hybridized carbons (Fsp3) is 0.207. The minimum atomic E-state index is -0.812. The van der Waals surface area contributed by atoms with E-state index in [2.05, 4.69) is 4.99 Å². The van der Waals surface area contributed by atoms with Gasteiger partial charge in [-0.1, -0.05) is 17.4 Å². The van der Waals surface area contributed by atoms with Crippen LogP contribution in [0.5, 0.6) is 17.2 Å². The summed E-state index contributed by atoms with van der Waals surface area (Å²) in [5.74, 6) is 1.56. The van der Waals surface area contributed by atoms with E-state index < -0.39 is 16.9 Å². The smallest absolute Gasteiger partial charge is 0.338 e. The van der Waals surface area contributed by atoms with E-state index in [1.165, 1.54) is 23.8 Å². The molecule has 1 unspecified atom stereocenters. The van der Waals surface area contributed by atoms with Gasteiger partial charge in [-0.3, -0.25) is 19.5 Å². The number of nitro groups is 1. The highest BCUT2D eigenvalue weighted by molar-refractivity contribution is 7.07. The zero-order valence-corrected chi connectivity index (χ0v) is 23.4. The number of nitrogens with zero attached hydrogens (tertiary/aromatic N) is 3. The summed E-state index contributed by atoms with van der Waals surface area (Å²) in [5, 5.41) is 11.2. The van der Waals surface area contributed by atoms with Gasteiger partial charge in [0.2, 0.25) is 6.79 Å². The normalized spacial score (nSPS) is 15.8. The fourth-order valence-electron chi connectivity index (χ4n) is 4.89. The number of esters is 1. The lowest BCUT2D eigenvalue weighted by Crippen LogP contribution is -2.39. The number of carbonyl (C=O) groups excluding carboxylic acids is 1. The monoisotopic (exact) mass is 589 g/mol. The molecule has 42 heavy (non-hydrogen) atoms. The number of fused-ring (bicyclic) bond motifs is 2. The second-order valence-electron chi connectivity index (χ2n) is 9.26. The van der Waals surface area contributed by atoms with Gasteiger partial charge in [0, 0.05) is 12.1 Å². The third-order valence-electron chi connectivity index (χ3n) is 6.79. The van der Waals surface area contributed by atoms with Gasteiger partial charge in [-0.25, -0.2) is 9.79 Å². The number of allylic oxidation sites excluding steroid dienone is 1. The van der Waals surface area contributed by atoms with Crippen LogP contribution >= 0.6 is 11.3 Å². The van der Waals surface area contributed by atoms with Crippen molar-refractivity contribution in [3.8, 4) is 28.6 Å². The molecule has 4 heterocycles. The van der Waals surface area contributed by atoms with Gasteiger partial charge < -0.3 is 23.4 Å². The number of nitro benzene ring substituents is 1. The molecule has 0 N–H and O–H groups in total. The molecule has 1 atom stereocenters. The number of benzene rings is 2. The SMILES string of the molecule is CCOC(=O)C1=C(C)N=c2s/c(=C\c3ccc(-c4ccc([N+](=O)[O-])cc4OC)o3)c(=O)n2C1c1ccc2c(c1)OCO2. The van der Waals surface area contributed by atoms with Crippen LogP contribution in [0, 0.1) is 10.1 Å². The van der Waals surface area contributed by atoms with Crippen molar-refractivity contribution in [3.63, 3.8) is 0 Å². The summed E-state index contributed by atoms with van der Waals surface area (Å²) in [6.45, 7) is 3.66. The van der Waals surface area contributed by atoms with Crippen LogP contribution in [0.3, 0.4) is 0 Å². The Kier molecular flexibility index (Phi) is 6.86. The van der Waals surface area contributed by atoms with Crippen LogP contribution in [0.1, 0.15) is 31.2 Å². The van der Waals surface area contributed by atoms with Gasteiger partial charge in [0.1, 0.15) is 17.3 Å². The molecule has 2 aromatic heterocycles. The van der Waals surface area contributed by atoms with Gasteiger partial charge in [-0.15, -0.1) is 0 Å². The number of ether oxygens (including phenoxy) is 4. The Hall–Kier alpha value is -5.17. The second kappa shape index (κ2) is 10.7. The number of carbonyl (C=O) groups is 1. The predicted octanol–water partition coefficient (Wildman–Crippen LogP) is 3.70. The molecule has 0 bridgehead atoms. The Morgan fingerprint density at radius 3 is 2.76 bits per heavy atom. The Morgan fingerprint density at radius 2 is 2.00 bits per heavy atom. The van der Waals surface area contributed by atoms with Gasteiger partial charge >= 0.3 is 5.97 Å². The number of aromatic nitrogens is 1. The molecule has 13 heteroatoms. The van der Waals surface area contributed by atoms with Crippen LogP contribution in [0.15, 0.2) is 74.0 Å². The minimum Gasteiger partial charge on any atom is -0.496 e. The summed E-state index contributed by atoms with van der Waals surface area (Å²) >= 11 is 1.16. The Labute approximate surface area is 241 Å². The fourth-order valence-corrected chi connectivity index (χ4v) is 5.92. The first-order chi connectivity index (χ1) is 20.3. The largest absolute Gasteiger partial charge is 0.496 e. The maximum absolute atomic E-state index is 13.9. The summed E-state index contributed by atoms with van der Waals surface area (Å²) in [7, 11) is 1.41. The van der Waals surface area contributed by atoms with Gasteiger partial charge in [-0.05, 0) is 49.7 Å². The molecule has 0 spiro atoms. The molecule has 6 rings (SSSR count). The first-order valence-corrected chi connectivity index (χ1v) is 13.6. The van der Waals surface area contributed by atoms with Crippen molar-refractivity contribution in [2.24, 2.45) is 4.99 Å². The molecule has 2 aromatic carbocycles. The number of hydrogen-bond acceptors (Lipinski definition) is 11. The highest BCUT2D eigenvalue weighted by Gasteiger charge is 2.34. The van der Waals surface area contributed by atoms with Crippen molar-refractivity contribution in [1.29, 1.82) is 0 Å². The Balaban J connectivity index is 1.45. The molecule has 0 saturated heterocycles. The molecule has 4 aromatic rings. The predicted molar refractivity (Wildman–Crippen MR) is 150 cm³/mol. The molecule has 0 fully saturated rings. The van der Waals surface area contributed by atoms with E-state index in [-0.39, 0.29) is 36.0 Å². The molecule has 0 saturated carbocycles. The minimum absolute atomic E-state index is 0.0814. The maximum atomic E-state index is 13.9. The van der Waals surface area contributed by atoms with Crippen molar-refractivity contribution >= 4 is 29.1 Å². The highest BCUT2D eigenvalue weighted by Crippen LogP contribution is 2.38. The molecule has 2 aliphatic heterocycles. The summed E-state index contributed by atoms with van der Waals surface area (Å²) in [4.78, 5) is 42.6. The summed E-state index contributed by atoms with van der Waals surface area (Å²) in [6.07, 6.45) is 1.59. The van der Waals surface area contributed by atoms with Gasteiger partial charge in [-0.2, -0.15) is 0 Å². The van der Waals surface area contributed by atoms with Crippen LogP contribution in [0.2, 0.25) is 0 Å². The quantitative estimate of drug-likeness (QED) is 0.179. The van der Waals surface area contributed by atoms with Crippen molar-refractivity contribution in [2.75, 3.05) is 20.5 Å². The van der Waals surface area contributed by atoms with Gasteiger partial charge in [0.25, 0.3) is 11.2 Å². The van der Waals surface area contributed by atoms with Crippen molar-refractivity contribution in [3.05, 3.63) is 101 Å². The third-order valence-corrected chi connectivity index (χ3v) is 7.77. The summed E-state index contributed by atoms with van der Waals surface area (Å²) in [5.41, 5.74) is 1.35. The summed E-state index contributed by atoms with van der Waals surface area (Å²) in [6, 6.07) is 12.0. The second-order valence-corrected chi connectivity index (χ2v) is 10.3. The van der Waals surface area contributed by atoms with Crippen LogP contribution in [-0.4, -0.2) is 36.0 Å². The van der Waals surface area contributed by atoms with Crippen LogP contribution in [0.25, 0.3) is 17.4 Å². The van der Waals surface area contributed by atoms with Crippen LogP contribution < -0.4 is 29.1 Å². The average Bonchev–Trinajstić information content (AvgIpc) is 3.71. The molecular formula is C29H23N3O9S. The van der Waals surface area contributed by atoms with Crippen LogP contribution in [0.4, 0.5) is 5.69 Å². The van der Waals surface area contributed by atoms with Crippen molar-refractivity contribution < 1.29 is 33.1 Å². The van der Waals surface area contributed by atoms with E-state index in [0.29, 0.717) is 49.2 Å². The number of non-ortho nitro benzene ring substituents is 1.